The van der Waals surface area contributed by atoms with Crippen LogP contribution in [-0.2, 0) is 14.3 Å². The van der Waals surface area contributed by atoms with Gasteiger partial charge in [-0.25, -0.2) is 4.79 Å². The minimum Gasteiger partial charge on any atom is -0.463 e. The Morgan fingerprint density at radius 2 is 2.00 bits per heavy atom. The Bertz CT molecular complexity index is 179. The quantitative estimate of drug-likeness (QED) is 0.380. The topological polar surface area (TPSA) is 75.6 Å². The second-order valence-electron chi connectivity index (χ2n) is 1.86. The summed E-state index contributed by atoms with van der Waals surface area (Å²) in [7, 11) is 0. The van der Waals surface area contributed by atoms with Crippen LogP contribution < -0.4 is 5.32 Å². The zero-order valence-corrected chi connectivity index (χ0v) is 8.16. The molecular formula is C9H15NO4. The van der Waals surface area contributed by atoms with Gasteiger partial charge in [0, 0.05) is 6.08 Å². The summed E-state index contributed by atoms with van der Waals surface area (Å²) in [6, 6.07) is 0. The first-order valence-corrected chi connectivity index (χ1v) is 3.92. The molecule has 0 aromatic carbocycles. The van der Waals surface area contributed by atoms with Gasteiger partial charge in [-0.1, -0.05) is 13.2 Å². The van der Waals surface area contributed by atoms with E-state index >= 15 is 0 Å². The third-order valence-electron chi connectivity index (χ3n) is 0.892. The van der Waals surface area contributed by atoms with Crippen LogP contribution in [0, 0.1) is 0 Å². The van der Waals surface area contributed by atoms with Crippen molar-refractivity contribution in [1.82, 2.24) is 5.32 Å². The van der Waals surface area contributed by atoms with Crippen LogP contribution in [0.4, 0.5) is 0 Å². The van der Waals surface area contributed by atoms with Crippen molar-refractivity contribution in [3.8, 4) is 0 Å². The van der Waals surface area contributed by atoms with Gasteiger partial charge in [-0.2, -0.15) is 0 Å². The first kappa shape index (κ1) is 14.9. The molecule has 0 bridgehead atoms. The third kappa shape index (κ3) is 13.0. The molecule has 0 saturated carbocycles. The van der Waals surface area contributed by atoms with Crippen LogP contribution in [0.25, 0.3) is 0 Å². The standard InChI is InChI=1S/C5H8O2.C4H7NO2/c1-3-5(6)7-4-2;1-2-4(7)5-3-6/h3H,1,4H2,2H3;2,6H,1,3H2,(H,5,7). The molecule has 0 aromatic rings. The van der Waals surface area contributed by atoms with E-state index in [-0.39, 0.29) is 18.6 Å². The highest BCUT2D eigenvalue weighted by atomic mass is 16.5. The number of hydrogen-bond donors (Lipinski definition) is 2. The molecule has 0 radical (unpaired) electrons. The van der Waals surface area contributed by atoms with E-state index in [0.29, 0.717) is 6.61 Å². The second kappa shape index (κ2) is 11.4. The first-order chi connectivity index (χ1) is 6.62. The monoisotopic (exact) mass is 201 g/mol. The molecule has 80 valence electrons. The Morgan fingerprint density at radius 3 is 2.14 bits per heavy atom. The van der Waals surface area contributed by atoms with Crippen molar-refractivity contribution in [3.05, 3.63) is 25.3 Å². The van der Waals surface area contributed by atoms with Gasteiger partial charge in [0.2, 0.25) is 5.91 Å². The lowest BCUT2D eigenvalue weighted by Crippen LogP contribution is -2.20. The zero-order valence-electron chi connectivity index (χ0n) is 8.16. The van der Waals surface area contributed by atoms with Gasteiger partial charge in [0.15, 0.2) is 0 Å². The molecule has 5 nitrogen and oxygen atoms in total. The molecule has 0 aliphatic carbocycles. The highest BCUT2D eigenvalue weighted by molar-refractivity contribution is 5.86. The molecule has 0 aromatic heterocycles. The molecule has 2 N–H and O–H groups in total. The number of nitrogens with one attached hydrogen (secondary N) is 1. The normalized spacial score (nSPS) is 7.57. The zero-order chi connectivity index (χ0) is 11.4. The van der Waals surface area contributed by atoms with Gasteiger partial charge < -0.3 is 15.2 Å². The smallest absolute Gasteiger partial charge is 0.330 e. The van der Waals surface area contributed by atoms with Crippen molar-refractivity contribution in [2.45, 2.75) is 6.92 Å². The maximum Gasteiger partial charge on any atom is 0.330 e. The Balaban J connectivity index is 0. The van der Waals surface area contributed by atoms with E-state index in [1.807, 2.05) is 0 Å². The van der Waals surface area contributed by atoms with Crippen molar-refractivity contribution in [2.24, 2.45) is 0 Å². The van der Waals surface area contributed by atoms with E-state index in [2.05, 4.69) is 23.2 Å². The van der Waals surface area contributed by atoms with Gasteiger partial charge in [0.25, 0.3) is 0 Å². The minimum atomic E-state index is -0.359. The highest BCUT2D eigenvalue weighted by Crippen LogP contribution is 1.74. The van der Waals surface area contributed by atoms with E-state index in [9.17, 15) is 9.59 Å². The van der Waals surface area contributed by atoms with Gasteiger partial charge in [0.05, 0.1) is 6.61 Å². The van der Waals surface area contributed by atoms with E-state index < -0.39 is 0 Å². The lowest BCUT2D eigenvalue weighted by Gasteiger charge is -1.90. The molecule has 0 saturated heterocycles. The summed E-state index contributed by atoms with van der Waals surface area (Å²) >= 11 is 0. The summed E-state index contributed by atoms with van der Waals surface area (Å²) in [4.78, 5) is 20.1. The Hall–Kier alpha value is -1.62. The highest BCUT2D eigenvalue weighted by Gasteiger charge is 1.86. The average Bonchev–Trinajstić information content (AvgIpc) is 2.19. The molecule has 0 aliphatic heterocycles. The molecule has 0 atom stereocenters. The Labute approximate surface area is 83.1 Å². The number of esters is 1. The predicted molar refractivity (Wildman–Crippen MR) is 52.3 cm³/mol. The van der Waals surface area contributed by atoms with Crippen LogP contribution in [0.3, 0.4) is 0 Å². The summed E-state index contributed by atoms with van der Waals surface area (Å²) in [6.45, 7) is 8.21. The van der Waals surface area contributed by atoms with Gasteiger partial charge in [-0.3, -0.25) is 4.79 Å². The third-order valence-corrected chi connectivity index (χ3v) is 0.892. The van der Waals surface area contributed by atoms with Crippen molar-refractivity contribution in [3.63, 3.8) is 0 Å². The van der Waals surface area contributed by atoms with Gasteiger partial charge in [0.1, 0.15) is 6.73 Å². The SMILES string of the molecule is C=CC(=O)NCO.C=CC(=O)OCC. The van der Waals surface area contributed by atoms with E-state index in [0.717, 1.165) is 12.2 Å². The predicted octanol–water partition coefficient (Wildman–Crippen LogP) is -0.0261. The van der Waals surface area contributed by atoms with E-state index in [4.69, 9.17) is 5.11 Å². The lowest BCUT2D eigenvalue weighted by atomic mass is 10.6. The van der Waals surface area contributed by atoms with Crippen molar-refractivity contribution in [2.75, 3.05) is 13.3 Å². The van der Waals surface area contributed by atoms with Crippen molar-refractivity contribution < 1.29 is 19.4 Å². The summed E-state index contributed by atoms with van der Waals surface area (Å²) in [5, 5.41) is 10.1. The molecule has 1 amide bonds. The number of carbonyl (C=O) groups excluding carboxylic acids is 2. The molecule has 0 fully saturated rings. The van der Waals surface area contributed by atoms with Crippen LogP contribution >= 0.6 is 0 Å². The molecular weight excluding hydrogens is 186 g/mol. The summed E-state index contributed by atoms with van der Waals surface area (Å²) in [5.41, 5.74) is 0. The maximum atomic E-state index is 10.1. The van der Waals surface area contributed by atoms with Crippen molar-refractivity contribution in [1.29, 1.82) is 0 Å². The molecule has 0 rings (SSSR count). The number of aliphatic hydroxyl groups excluding tert-OH is 1. The molecule has 0 aliphatic rings. The lowest BCUT2D eigenvalue weighted by molar-refractivity contribution is -0.137. The van der Waals surface area contributed by atoms with Gasteiger partial charge in [-0.05, 0) is 13.0 Å². The van der Waals surface area contributed by atoms with E-state index in [1.54, 1.807) is 6.92 Å². The summed E-state index contributed by atoms with van der Waals surface area (Å²) < 4.78 is 4.43. The fraction of sp³-hybridized carbons (Fsp3) is 0.333. The Kier molecular flexibility index (Phi) is 12.1. The van der Waals surface area contributed by atoms with Crippen LogP contribution in [0.5, 0.6) is 0 Å². The molecule has 5 heteroatoms. The van der Waals surface area contributed by atoms with Crippen LogP contribution in [0.1, 0.15) is 6.92 Å². The fourth-order valence-electron chi connectivity index (χ4n) is 0.351. The second-order valence-corrected chi connectivity index (χ2v) is 1.86. The molecule has 0 unspecified atom stereocenters. The van der Waals surface area contributed by atoms with Crippen molar-refractivity contribution >= 4 is 11.9 Å². The molecule has 0 heterocycles. The number of amides is 1. The first-order valence-electron chi connectivity index (χ1n) is 3.92. The Morgan fingerprint density at radius 1 is 1.43 bits per heavy atom. The number of hydrogen-bond acceptors (Lipinski definition) is 4. The van der Waals surface area contributed by atoms with Gasteiger partial charge >= 0.3 is 5.97 Å². The van der Waals surface area contributed by atoms with Crippen LogP contribution in [0.2, 0.25) is 0 Å². The molecule has 0 spiro atoms. The number of carbonyl (C=O) groups is 2. The average molecular weight is 201 g/mol. The minimum absolute atomic E-state index is 0.329. The van der Waals surface area contributed by atoms with Crippen LogP contribution in [-0.4, -0.2) is 30.3 Å². The number of aliphatic hydroxyl groups is 1. The summed E-state index contributed by atoms with van der Waals surface area (Å²) in [5.74, 6) is -0.718. The van der Waals surface area contributed by atoms with Crippen LogP contribution in [0.15, 0.2) is 25.3 Å². The molecule has 14 heavy (non-hydrogen) atoms. The van der Waals surface area contributed by atoms with E-state index in [1.165, 1.54) is 0 Å². The largest absolute Gasteiger partial charge is 0.463 e. The fourth-order valence-corrected chi connectivity index (χ4v) is 0.351. The number of rotatable bonds is 4. The maximum absolute atomic E-state index is 10.1. The number of ether oxygens (including phenoxy) is 1. The van der Waals surface area contributed by atoms with Gasteiger partial charge in [-0.15, -0.1) is 0 Å². The summed E-state index contributed by atoms with van der Waals surface area (Å²) in [6.07, 6.45) is 2.24.